The van der Waals surface area contributed by atoms with Crippen LogP contribution in [0.3, 0.4) is 0 Å². The van der Waals surface area contributed by atoms with Gasteiger partial charge in [0.15, 0.2) is 0 Å². The summed E-state index contributed by atoms with van der Waals surface area (Å²) in [6, 6.07) is 15.6. The molecule has 2 heterocycles. The highest BCUT2D eigenvalue weighted by atomic mass is 127. The number of carbonyl (C=O) groups excluding carboxylic acids is 4. The molecule has 9 rings (SSSR count). The van der Waals surface area contributed by atoms with Gasteiger partial charge in [-0.1, -0.05) is 64.6 Å². The first-order valence-corrected chi connectivity index (χ1v) is 18.4. The lowest BCUT2D eigenvalue weighted by atomic mass is 9.81. The minimum atomic E-state index is -0.530. The van der Waals surface area contributed by atoms with Crippen molar-refractivity contribution in [1.29, 1.82) is 0 Å². The fourth-order valence-electron chi connectivity index (χ4n) is 8.28. The molecule has 2 aliphatic rings. The van der Waals surface area contributed by atoms with Crippen LogP contribution in [0.1, 0.15) is 63.7 Å². The number of aryl methyl sites for hydroxylation is 4. The van der Waals surface area contributed by atoms with Crippen LogP contribution in [-0.2, 0) is 0 Å². The molecule has 0 aliphatic carbocycles. The number of imide groups is 2. The molecule has 0 atom stereocenters. The third-order valence-electron chi connectivity index (χ3n) is 10.2. The van der Waals surface area contributed by atoms with Crippen LogP contribution in [0.25, 0.3) is 43.1 Å². The number of halogens is 5. The lowest BCUT2D eigenvalue weighted by Gasteiger charge is -2.32. The lowest BCUT2D eigenvalue weighted by Crippen LogP contribution is -2.41. The smallest absolute Gasteiger partial charge is 0.266 e. The highest BCUT2D eigenvalue weighted by Crippen LogP contribution is 2.54. The van der Waals surface area contributed by atoms with E-state index in [9.17, 15) is 19.2 Å². The van der Waals surface area contributed by atoms with Crippen LogP contribution < -0.4 is 9.80 Å². The topological polar surface area (TPSA) is 74.8 Å². The average Bonchev–Trinajstić information content (AvgIpc) is 3.06. The van der Waals surface area contributed by atoms with Crippen molar-refractivity contribution >= 4 is 147 Å². The predicted octanol–water partition coefficient (Wildman–Crippen LogP) is 11.8. The van der Waals surface area contributed by atoms with Crippen molar-refractivity contribution in [2.45, 2.75) is 27.7 Å². The molecule has 250 valence electrons. The first kappa shape index (κ1) is 32.9. The van der Waals surface area contributed by atoms with E-state index in [0.29, 0.717) is 54.5 Å². The average molecular weight is 862 g/mol. The van der Waals surface area contributed by atoms with Gasteiger partial charge in [0.2, 0.25) is 0 Å². The molecular weight excluding hydrogens is 841 g/mol. The third kappa shape index (κ3) is 4.18. The summed E-state index contributed by atoms with van der Waals surface area (Å²) in [6.07, 6.45) is 0. The Bertz CT molecular complexity index is 2730. The molecule has 0 bridgehead atoms. The number of nitrogens with zero attached hydrogens (tertiary/aromatic N) is 2. The van der Waals surface area contributed by atoms with E-state index in [0.717, 1.165) is 25.8 Å². The molecule has 0 saturated heterocycles. The van der Waals surface area contributed by atoms with E-state index in [1.165, 1.54) is 9.80 Å². The second kappa shape index (κ2) is 11.0. The number of hydrogen-bond donors (Lipinski definition) is 0. The van der Waals surface area contributed by atoms with Gasteiger partial charge in [-0.3, -0.25) is 19.2 Å². The fourth-order valence-corrected chi connectivity index (χ4v) is 10.4. The zero-order valence-corrected chi connectivity index (χ0v) is 32.3. The van der Waals surface area contributed by atoms with E-state index in [-0.39, 0.29) is 42.3 Å². The van der Waals surface area contributed by atoms with Crippen LogP contribution in [0.4, 0.5) is 11.4 Å². The summed E-state index contributed by atoms with van der Waals surface area (Å²) in [5.74, 6) is -2.12. The van der Waals surface area contributed by atoms with Crippen LogP contribution in [0.15, 0.2) is 54.6 Å². The van der Waals surface area contributed by atoms with Gasteiger partial charge in [0.1, 0.15) is 0 Å². The molecular formula is C40H21Cl4IN2O4. The Kier molecular flexibility index (Phi) is 7.10. The summed E-state index contributed by atoms with van der Waals surface area (Å²) in [4.78, 5) is 59.9. The van der Waals surface area contributed by atoms with Gasteiger partial charge in [0.05, 0.1) is 33.6 Å². The van der Waals surface area contributed by atoms with E-state index in [1.54, 1.807) is 24.3 Å². The second-order valence-electron chi connectivity index (χ2n) is 13.1. The number of amides is 4. The largest absolute Gasteiger partial charge is 0.268 e. The molecule has 0 aromatic heterocycles. The number of hydrogen-bond acceptors (Lipinski definition) is 4. The Labute approximate surface area is 324 Å². The Morgan fingerprint density at radius 3 is 1.04 bits per heavy atom. The van der Waals surface area contributed by atoms with Crippen molar-refractivity contribution < 1.29 is 19.2 Å². The first-order valence-electron chi connectivity index (χ1n) is 15.8. The maximum atomic E-state index is 14.4. The van der Waals surface area contributed by atoms with E-state index in [2.05, 4.69) is 22.6 Å². The molecule has 0 radical (unpaired) electrons. The second-order valence-corrected chi connectivity index (χ2v) is 16.0. The molecule has 0 N–H and O–H groups in total. The van der Waals surface area contributed by atoms with Gasteiger partial charge in [-0.15, -0.1) is 0 Å². The normalized spacial score (nSPS) is 14.5. The van der Waals surface area contributed by atoms with Crippen molar-refractivity contribution in [3.63, 3.8) is 0 Å². The third-order valence-corrected chi connectivity index (χ3v) is 12.0. The van der Waals surface area contributed by atoms with Crippen molar-refractivity contribution in [3.05, 3.63) is 123 Å². The van der Waals surface area contributed by atoms with Crippen LogP contribution >= 0.6 is 69.0 Å². The summed E-state index contributed by atoms with van der Waals surface area (Å²) in [5.41, 5.74) is 4.91. The van der Waals surface area contributed by atoms with Gasteiger partial charge in [0.25, 0.3) is 23.6 Å². The van der Waals surface area contributed by atoms with Crippen molar-refractivity contribution in [3.8, 4) is 0 Å². The van der Waals surface area contributed by atoms with Gasteiger partial charge in [0, 0.05) is 66.8 Å². The van der Waals surface area contributed by atoms with E-state index in [4.69, 9.17) is 46.4 Å². The molecule has 7 aromatic rings. The number of rotatable bonds is 2. The molecule has 0 saturated carbocycles. The minimum absolute atomic E-state index is 0.181. The summed E-state index contributed by atoms with van der Waals surface area (Å²) < 4.78 is 0.974. The number of carbonyl (C=O) groups is 4. The van der Waals surface area contributed by atoms with Crippen molar-refractivity contribution in [2.75, 3.05) is 9.80 Å². The molecule has 4 amide bonds. The Balaban J connectivity index is 1.41. The minimum Gasteiger partial charge on any atom is -0.268 e. The summed E-state index contributed by atoms with van der Waals surface area (Å²) in [5, 5.41) is 4.09. The number of fused-ring (bicyclic) bond motifs is 2. The molecule has 0 unspecified atom stereocenters. The van der Waals surface area contributed by atoms with Crippen LogP contribution in [0.5, 0.6) is 0 Å². The van der Waals surface area contributed by atoms with Gasteiger partial charge in [-0.25, -0.2) is 9.80 Å². The highest BCUT2D eigenvalue weighted by molar-refractivity contribution is 14.1. The van der Waals surface area contributed by atoms with E-state index in [1.807, 2.05) is 58.0 Å². The molecule has 2 aliphatic heterocycles. The predicted molar refractivity (Wildman–Crippen MR) is 215 cm³/mol. The van der Waals surface area contributed by atoms with Crippen LogP contribution in [-0.4, -0.2) is 23.6 Å². The summed E-state index contributed by atoms with van der Waals surface area (Å²) in [7, 11) is 0. The molecule has 11 heteroatoms. The lowest BCUT2D eigenvalue weighted by molar-refractivity contribution is 0.0877. The van der Waals surface area contributed by atoms with Gasteiger partial charge < -0.3 is 0 Å². The maximum Gasteiger partial charge on any atom is 0.266 e. The zero-order valence-electron chi connectivity index (χ0n) is 27.1. The molecule has 0 fully saturated rings. The SMILES string of the molecule is Cc1cccc(C)c1N1C(=O)c2cc(Cl)c3c4c(Cl)cc5c6c(cc(Cl)c(c7c(Cl)cc(c2c37)C1=O)c64)C(=O)N(c1c(C)cc(I)cc1C)C5=O. The van der Waals surface area contributed by atoms with Gasteiger partial charge >= 0.3 is 0 Å². The number of anilines is 2. The number of para-hydroxylation sites is 1. The molecule has 7 aromatic carbocycles. The summed E-state index contributed by atoms with van der Waals surface area (Å²) in [6.45, 7) is 7.40. The molecule has 0 spiro atoms. The first-order chi connectivity index (χ1) is 24.2. The maximum absolute atomic E-state index is 14.4. The van der Waals surface area contributed by atoms with Crippen molar-refractivity contribution in [2.24, 2.45) is 0 Å². The van der Waals surface area contributed by atoms with Gasteiger partial charge in [-0.05, 0) is 109 Å². The Morgan fingerprint density at radius 2 is 0.725 bits per heavy atom. The Hall–Kier alpha value is -3.99. The van der Waals surface area contributed by atoms with Crippen molar-refractivity contribution in [1.82, 2.24) is 0 Å². The number of benzene rings is 7. The highest BCUT2D eigenvalue weighted by Gasteiger charge is 2.41. The van der Waals surface area contributed by atoms with E-state index < -0.39 is 23.6 Å². The van der Waals surface area contributed by atoms with Crippen LogP contribution in [0, 0.1) is 31.3 Å². The van der Waals surface area contributed by atoms with E-state index >= 15 is 0 Å². The molecule has 6 nitrogen and oxygen atoms in total. The monoisotopic (exact) mass is 860 g/mol. The zero-order chi connectivity index (χ0) is 36.1. The molecule has 51 heavy (non-hydrogen) atoms. The quantitative estimate of drug-likeness (QED) is 0.0751. The summed E-state index contributed by atoms with van der Waals surface area (Å²) >= 11 is 30.8. The fraction of sp³-hybridized carbons (Fsp3) is 0.100. The standard InChI is InChI=1S/C40H21Cl4IN2O4/c1-14-6-5-7-15(2)35(14)46-37(48)19-10-23(41)29-31-25(43)12-21-28-22(40(51)47(39(21)50)36-16(3)8-18(45)9-17(36)4)13-26(44)32(34(28)31)30-24(42)11-20(38(46)49)27(19)33(29)30/h5-13H,1-4H3. The van der Waals surface area contributed by atoms with Crippen LogP contribution in [0.2, 0.25) is 20.1 Å². The van der Waals surface area contributed by atoms with Gasteiger partial charge in [-0.2, -0.15) is 0 Å². The Morgan fingerprint density at radius 1 is 0.431 bits per heavy atom.